The fourth-order valence-corrected chi connectivity index (χ4v) is 6.21. The van der Waals surface area contributed by atoms with Crippen molar-refractivity contribution in [3.8, 4) is 0 Å². The Bertz CT molecular complexity index is 483. The summed E-state index contributed by atoms with van der Waals surface area (Å²) in [7, 11) is 0. The maximum Gasteiger partial charge on any atom is 0.226 e. The molecule has 0 aromatic carbocycles. The van der Waals surface area contributed by atoms with Crippen LogP contribution >= 0.6 is 0 Å². The quantitative estimate of drug-likeness (QED) is 0.820. The van der Waals surface area contributed by atoms with Crippen LogP contribution in [0, 0.1) is 23.2 Å². The van der Waals surface area contributed by atoms with Gasteiger partial charge in [-0.15, -0.1) is 0 Å². The molecule has 1 saturated heterocycles. The van der Waals surface area contributed by atoms with E-state index in [0.29, 0.717) is 13.0 Å². The average Bonchev–Trinajstić information content (AvgIpc) is 2.53. The Morgan fingerprint density at radius 1 is 1.12 bits per heavy atom. The monoisotopic (exact) mass is 333 g/mol. The molecule has 24 heavy (non-hydrogen) atoms. The van der Waals surface area contributed by atoms with Crippen molar-refractivity contribution in [3.63, 3.8) is 0 Å². The van der Waals surface area contributed by atoms with E-state index >= 15 is 0 Å². The van der Waals surface area contributed by atoms with Gasteiger partial charge in [-0.3, -0.25) is 9.59 Å². The van der Waals surface area contributed by atoms with Crippen LogP contribution in [-0.2, 0) is 9.59 Å². The molecule has 5 aliphatic rings. The molecule has 2 N–H and O–H groups in total. The minimum Gasteiger partial charge on any atom is -0.355 e. The van der Waals surface area contributed by atoms with Gasteiger partial charge in [0.1, 0.15) is 0 Å². The van der Waals surface area contributed by atoms with Crippen LogP contribution < -0.4 is 10.6 Å². The van der Waals surface area contributed by atoms with Gasteiger partial charge in [0, 0.05) is 44.1 Å². The summed E-state index contributed by atoms with van der Waals surface area (Å²) in [4.78, 5) is 27.2. The van der Waals surface area contributed by atoms with Crippen molar-refractivity contribution < 1.29 is 9.59 Å². The highest BCUT2D eigenvalue weighted by Crippen LogP contribution is 2.60. The van der Waals surface area contributed by atoms with Crippen molar-refractivity contribution in [2.75, 3.05) is 26.2 Å². The molecule has 0 aromatic heterocycles. The predicted octanol–water partition coefficient (Wildman–Crippen LogP) is 1.53. The van der Waals surface area contributed by atoms with Crippen LogP contribution in [0.4, 0.5) is 0 Å². The molecule has 5 fully saturated rings. The van der Waals surface area contributed by atoms with Crippen molar-refractivity contribution in [1.29, 1.82) is 0 Å². The van der Waals surface area contributed by atoms with Crippen LogP contribution in [0.1, 0.15) is 51.9 Å². The van der Waals surface area contributed by atoms with E-state index in [1.54, 1.807) is 0 Å². The van der Waals surface area contributed by atoms with Gasteiger partial charge in [0.05, 0.1) is 0 Å². The number of amides is 2. The Hall–Kier alpha value is -1.10. The van der Waals surface area contributed by atoms with Gasteiger partial charge >= 0.3 is 0 Å². The third-order valence-electron chi connectivity index (χ3n) is 6.97. The largest absolute Gasteiger partial charge is 0.355 e. The standard InChI is InChI=1S/C19H31N3O2/c1-13-12-20-4-5-22(13)17(23)2-3-21-18(24)19-9-14-6-15(10-19)8-16(7-14)11-19/h13-16,20H,2-12H2,1H3,(H,21,24)/t13-,14?,15?,16?,19?/m1/s1. The van der Waals surface area contributed by atoms with Gasteiger partial charge in [0.15, 0.2) is 0 Å². The zero-order valence-corrected chi connectivity index (χ0v) is 14.9. The second-order valence-electron chi connectivity index (χ2n) is 8.84. The van der Waals surface area contributed by atoms with E-state index in [-0.39, 0.29) is 23.3 Å². The predicted molar refractivity (Wildman–Crippen MR) is 92.3 cm³/mol. The number of nitrogens with zero attached hydrogens (tertiary/aromatic N) is 1. The first-order valence-corrected chi connectivity index (χ1v) is 9.84. The highest BCUT2D eigenvalue weighted by Gasteiger charge is 2.54. The minimum absolute atomic E-state index is 0.0971. The van der Waals surface area contributed by atoms with E-state index < -0.39 is 0 Å². The lowest BCUT2D eigenvalue weighted by Gasteiger charge is -2.55. The van der Waals surface area contributed by atoms with E-state index in [1.165, 1.54) is 19.3 Å². The van der Waals surface area contributed by atoms with E-state index in [0.717, 1.165) is 56.7 Å². The summed E-state index contributed by atoms with van der Waals surface area (Å²) >= 11 is 0. The number of piperazine rings is 1. The van der Waals surface area contributed by atoms with Crippen LogP contribution in [0.15, 0.2) is 0 Å². The lowest BCUT2D eigenvalue weighted by Crippen LogP contribution is -2.54. The van der Waals surface area contributed by atoms with E-state index in [4.69, 9.17) is 0 Å². The Labute approximate surface area is 144 Å². The smallest absolute Gasteiger partial charge is 0.226 e. The third kappa shape index (κ3) is 2.96. The molecule has 0 unspecified atom stereocenters. The van der Waals surface area contributed by atoms with Gasteiger partial charge in [-0.2, -0.15) is 0 Å². The SMILES string of the molecule is C[C@@H]1CNCCN1C(=O)CCNC(=O)C12CC3CC(CC(C3)C1)C2. The van der Waals surface area contributed by atoms with Gasteiger partial charge in [0.2, 0.25) is 11.8 Å². The number of carbonyl (C=O) groups is 2. The van der Waals surface area contributed by atoms with Crippen LogP contribution in [0.5, 0.6) is 0 Å². The molecular weight excluding hydrogens is 302 g/mol. The molecule has 4 saturated carbocycles. The lowest BCUT2D eigenvalue weighted by molar-refractivity contribution is -0.146. The zero-order valence-electron chi connectivity index (χ0n) is 14.9. The number of nitrogens with one attached hydrogen (secondary N) is 2. The molecule has 0 spiro atoms. The average molecular weight is 333 g/mol. The van der Waals surface area contributed by atoms with E-state index in [1.807, 2.05) is 4.90 Å². The van der Waals surface area contributed by atoms with Crippen LogP contribution in [0.2, 0.25) is 0 Å². The van der Waals surface area contributed by atoms with Gasteiger partial charge in [0.25, 0.3) is 0 Å². The van der Waals surface area contributed by atoms with Gasteiger partial charge in [-0.25, -0.2) is 0 Å². The van der Waals surface area contributed by atoms with Gasteiger partial charge in [-0.05, 0) is 63.2 Å². The Morgan fingerprint density at radius 3 is 2.33 bits per heavy atom. The topological polar surface area (TPSA) is 61.4 Å². The molecule has 5 nitrogen and oxygen atoms in total. The first-order valence-electron chi connectivity index (χ1n) is 9.84. The molecule has 5 rings (SSSR count). The highest BCUT2D eigenvalue weighted by molar-refractivity contribution is 5.84. The molecule has 4 aliphatic carbocycles. The zero-order chi connectivity index (χ0) is 16.7. The van der Waals surface area contributed by atoms with Crippen LogP contribution in [0.25, 0.3) is 0 Å². The molecule has 1 aliphatic heterocycles. The Morgan fingerprint density at radius 2 is 1.75 bits per heavy atom. The second kappa shape index (κ2) is 6.32. The second-order valence-corrected chi connectivity index (χ2v) is 8.84. The summed E-state index contributed by atoms with van der Waals surface area (Å²) in [5, 5.41) is 6.43. The van der Waals surface area contributed by atoms with Gasteiger partial charge < -0.3 is 15.5 Å². The summed E-state index contributed by atoms with van der Waals surface area (Å²) in [6.07, 6.45) is 7.76. The minimum atomic E-state index is -0.0971. The Balaban J connectivity index is 1.28. The van der Waals surface area contributed by atoms with Gasteiger partial charge in [-0.1, -0.05) is 0 Å². The van der Waals surface area contributed by atoms with Crippen molar-refractivity contribution >= 4 is 11.8 Å². The van der Waals surface area contributed by atoms with Crippen LogP contribution in [-0.4, -0.2) is 48.9 Å². The fraction of sp³-hybridized carbons (Fsp3) is 0.895. The normalized spacial score (nSPS) is 40.6. The first-order chi connectivity index (χ1) is 11.6. The van der Waals surface area contributed by atoms with E-state index in [2.05, 4.69) is 17.6 Å². The lowest BCUT2D eigenvalue weighted by atomic mass is 9.49. The number of hydrogen-bond acceptors (Lipinski definition) is 3. The van der Waals surface area contributed by atoms with Crippen molar-refractivity contribution in [3.05, 3.63) is 0 Å². The number of carbonyl (C=O) groups excluding carboxylic acids is 2. The van der Waals surface area contributed by atoms with E-state index in [9.17, 15) is 9.59 Å². The summed E-state index contributed by atoms with van der Waals surface area (Å²) < 4.78 is 0. The van der Waals surface area contributed by atoms with Crippen molar-refractivity contribution in [1.82, 2.24) is 15.5 Å². The Kier molecular flexibility index (Phi) is 4.31. The van der Waals surface area contributed by atoms with Crippen molar-refractivity contribution in [2.24, 2.45) is 23.2 Å². The fourth-order valence-electron chi connectivity index (χ4n) is 6.21. The molecule has 1 heterocycles. The maximum atomic E-state index is 12.9. The molecule has 134 valence electrons. The summed E-state index contributed by atoms with van der Waals surface area (Å²) in [6.45, 7) is 5.10. The highest BCUT2D eigenvalue weighted by atomic mass is 16.2. The number of rotatable bonds is 4. The molecule has 2 amide bonds. The molecule has 5 heteroatoms. The molecule has 4 bridgehead atoms. The van der Waals surface area contributed by atoms with Crippen molar-refractivity contribution in [2.45, 2.75) is 57.9 Å². The summed E-state index contributed by atoms with van der Waals surface area (Å²) in [6, 6.07) is 0.255. The third-order valence-corrected chi connectivity index (χ3v) is 6.97. The molecular formula is C19H31N3O2. The molecule has 0 aromatic rings. The summed E-state index contributed by atoms with van der Waals surface area (Å²) in [5.41, 5.74) is -0.0971. The maximum absolute atomic E-state index is 12.9. The number of hydrogen-bond donors (Lipinski definition) is 2. The summed E-state index contributed by atoms with van der Waals surface area (Å²) in [5.74, 6) is 2.76. The first kappa shape index (κ1) is 16.4. The van der Waals surface area contributed by atoms with Crippen LogP contribution in [0.3, 0.4) is 0 Å². The molecule has 0 radical (unpaired) electrons. The molecule has 1 atom stereocenters.